The van der Waals surface area contributed by atoms with Gasteiger partial charge in [0.2, 0.25) is 0 Å². The van der Waals surface area contributed by atoms with Crippen molar-refractivity contribution in [3.8, 4) is 0 Å². The number of benzene rings is 2. The van der Waals surface area contributed by atoms with Crippen LogP contribution in [0.1, 0.15) is 24.1 Å². The standard InChI is InChI=1S/C16H16BrF2N/c1-2-20-16(11-3-6-14(18)7-4-11)10-12-9-13(17)5-8-15(12)19/h3-9,16,20H,2,10H2,1H3. The average Bonchev–Trinajstić information content (AvgIpc) is 2.43. The molecule has 0 spiro atoms. The first-order valence-electron chi connectivity index (χ1n) is 6.53. The van der Waals surface area contributed by atoms with E-state index in [4.69, 9.17) is 0 Å². The lowest BCUT2D eigenvalue weighted by Gasteiger charge is -2.19. The Morgan fingerprint density at radius 2 is 1.80 bits per heavy atom. The zero-order chi connectivity index (χ0) is 14.5. The van der Waals surface area contributed by atoms with Crippen molar-refractivity contribution in [3.63, 3.8) is 0 Å². The second kappa shape index (κ2) is 6.95. The molecule has 2 aromatic rings. The van der Waals surface area contributed by atoms with Gasteiger partial charge in [0, 0.05) is 10.5 Å². The zero-order valence-electron chi connectivity index (χ0n) is 11.2. The molecule has 0 saturated carbocycles. The van der Waals surface area contributed by atoms with Crippen LogP contribution in [0.4, 0.5) is 8.78 Å². The summed E-state index contributed by atoms with van der Waals surface area (Å²) in [5.74, 6) is -0.490. The topological polar surface area (TPSA) is 12.0 Å². The summed E-state index contributed by atoms with van der Waals surface area (Å²) < 4.78 is 27.7. The number of likely N-dealkylation sites (N-methyl/N-ethyl adjacent to an activating group) is 1. The highest BCUT2D eigenvalue weighted by atomic mass is 79.9. The van der Waals surface area contributed by atoms with E-state index < -0.39 is 0 Å². The van der Waals surface area contributed by atoms with Crippen LogP contribution in [0.2, 0.25) is 0 Å². The highest BCUT2D eigenvalue weighted by Crippen LogP contribution is 2.23. The fraction of sp³-hybridized carbons (Fsp3) is 0.250. The molecular formula is C16H16BrF2N. The van der Waals surface area contributed by atoms with E-state index in [2.05, 4.69) is 21.2 Å². The van der Waals surface area contributed by atoms with Crippen molar-refractivity contribution in [2.24, 2.45) is 0 Å². The van der Waals surface area contributed by atoms with Gasteiger partial charge in [-0.2, -0.15) is 0 Å². The van der Waals surface area contributed by atoms with Crippen LogP contribution < -0.4 is 5.32 Å². The molecule has 0 bridgehead atoms. The molecule has 2 aromatic carbocycles. The molecule has 0 radical (unpaired) electrons. The molecule has 1 nitrogen and oxygen atoms in total. The third-order valence-electron chi connectivity index (χ3n) is 3.15. The quantitative estimate of drug-likeness (QED) is 0.837. The Labute approximate surface area is 126 Å². The summed E-state index contributed by atoms with van der Waals surface area (Å²) in [6, 6.07) is 11.2. The summed E-state index contributed by atoms with van der Waals surface area (Å²) in [6.07, 6.45) is 0.519. The first-order valence-corrected chi connectivity index (χ1v) is 7.32. The van der Waals surface area contributed by atoms with E-state index in [1.54, 1.807) is 24.3 Å². The fourth-order valence-electron chi connectivity index (χ4n) is 2.17. The summed E-state index contributed by atoms with van der Waals surface area (Å²) in [5.41, 5.74) is 1.59. The van der Waals surface area contributed by atoms with Crippen LogP contribution in [0.3, 0.4) is 0 Å². The maximum atomic E-state index is 13.8. The summed E-state index contributed by atoms with van der Waals surface area (Å²) in [4.78, 5) is 0. The Bertz CT molecular complexity index is 569. The molecule has 0 amide bonds. The van der Waals surface area contributed by atoms with Gasteiger partial charge in [-0.15, -0.1) is 0 Å². The predicted molar refractivity (Wildman–Crippen MR) is 80.6 cm³/mol. The van der Waals surface area contributed by atoms with Crippen molar-refractivity contribution < 1.29 is 8.78 Å². The van der Waals surface area contributed by atoms with Crippen molar-refractivity contribution in [1.82, 2.24) is 5.32 Å². The first kappa shape index (κ1) is 15.1. The van der Waals surface area contributed by atoms with Crippen LogP contribution in [0.5, 0.6) is 0 Å². The second-order valence-corrected chi connectivity index (χ2v) is 5.52. The minimum absolute atomic E-state index is 0.0376. The van der Waals surface area contributed by atoms with Crippen molar-refractivity contribution in [3.05, 3.63) is 69.7 Å². The van der Waals surface area contributed by atoms with Crippen LogP contribution >= 0.6 is 15.9 Å². The Morgan fingerprint density at radius 1 is 1.10 bits per heavy atom. The molecule has 0 aliphatic carbocycles. The lowest BCUT2D eigenvalue weighted by atomic mass is 9.98. The lowest BCUT2D eigenvalue weighted by Crippen LogP contribution is -2.23. The average molecular weight is 340 g/mol. The molecule has 1 N–H and O–H groups in total. The molecule has 20 heavy (non-hydrogen) atoms. The van der Waals surface area contributed by atoms with Gasteiger partial charge in [0.15, 0.2) is 0 Å². The minimum Gasteiger partial charge on any atom is -0.310 e. The molecule has 0 heterocycles. The van der Waals surface area contributed by atoms with E-state index >= 15 is 0 Å². The Morgan fingerprint density at radius 3 is 2.45 bits per heavy atom. The number of halogens is 3. The minimum atomic E-state index is -0.266. The molecule has 1 unspecified atom stereocenters. The van der Waals surface area contributed by atoms with E-state index in [9.17, 15) is 8.78 Å². The third-order valence-corrected chi connectivity index (χ3v) is 3.65. The van der Waals surface area contributed by atoms with Crippen LogP contribution in [0, 0.1) is 11.6 Å². The molecule has 0 fully saturated rings. The van der Waals surface area contributed by atoms with Crippen LogP contribution in [0.15, 0.2) is 46.9 Å². The number of nitrogens with one attached hydrogen (secondary N) is 1. The SMILES string of the molecule is CCNC(Cc1cc(Br)ccc1F)c1ccc(F)cc1. The van der Waals surface area contributed by atoms with Crippen LogP contribution in [0.25, 0.3) is 0 Å². The van der Waals surface area contributed by atoms with Gasteiger partial charge in [-0.25, -0.2) is 8.78 Å². The molecule has 0 aromatic heterocycles. The predicted octanol–water partition coefficient (Wildman–Crippen LogP) is 4.62. The van der Waals surface area contributed by atoms with Crippen molar-refractivity contribution in [1.29, 1.82) is 0 Å². The molecule has 0 aliphatic rings. The molecular weight excluding hydrogens is 324 g/mol. The normalized spacial score (nSPS) is 12.4. The van der Waals surface area contributed by atoms with E-state index in [1.165, 1.54) is 18.2 Å². The highest BCUT2D eigenvalue weighted by Gasteiger charge is 2.14. The van der Waals surface area contributed by atoms with Gasteiger partial charge in [-0.05, 0) is 54.4 Å². The van der Waals surface area contributed by atoms with E-state index in [1.807, 2.05) is 6.92 Å². The summed E-state index contributed by atoms with van der Waals surface area (Å²) >= 11 is 3.35. The molecule has 2 rings (SSSR count). The van der Waals surface area contributed by atoms with Crippen molar-refractivity contribution in [2.75, 3.05) is 6.54 Å². The third kappa shape index (κ3) is 3.87. The summed E-state index contributed by atoms with van der Waals surface area (Å²) in [6.45, 7) is 2.76. The molecule has 0 aliphatic heterocycles. The largest absolute Gasteiger partial charge is 0.310 e. The lowest BCUT2D eigenvalue weighted by molar-refractivity contribution is 0.526. The van der Waals surface area contributed by atoms with E-state index in [0.29, 0.717) is 12.0 Å². The van der Waals surface area contributed by atoms with Gasteiger partial charge in [0.05, 0.1) is 0 Å². The Balaban J connectivity index is 2.25. The van der Waals surface area contributed by atoms with Crippen LogP contribution in [-0.2, 0) is 6.42 Å². The molecule has 1 atom stereocenters. The maximum Gasteiger partial charge on any atom is 0.126 e. The van der Waals surface area contributed by atoms with Crippen molar-refractivity contribution >= 4 is 15.9 Å². The number of hydrogen-bond donors (Lipinski definition) is 1. The van der Waals surface area contributed by atoms with Crippen molar-refractivity contribution in [2.45, 2.75) is 19.4 Å². The van der Waals surface area contributed by atoms with Crippen LogP contribution in [-0.4, -0.2) is 6.54 Å². The highest BCUT2D eigenvalue weighted by molar-refractivity contribution is 9.10. The monoisotopic (exact) mass is 339 g/mol. The van der Waals surface area contributed by atoms with Gasteiger partial charge >= 0.3 is 0 Å². The number of rotatable bonds is 5. The summed E-state index contributed by atoms with van der Waals surface area (Å²) in [7, 11) is 0. The molecule has 0 saturated heterocycles. The van der Waals surface area contributed by atoms with Gasteiger partial charge in [0.25, 0.3) is 0 Å². The van der Waals surface area contributed by atoms with Gasteiger partial charge in [-0.1, -0.05) is 35.0 Å². The summed E-state index contributed by atoms with van der Waals surface area (Å²) in [5, 5.41) is 3.31. The van der Waals surface area contributed by atoms with E-state index in [-0.39, 0.29) is 17.7 Å². The number of hydrogen-bond acceptors (Lipinski definition) is 1. The Hall–Kier alpha value is -1.26. The second-order valence-electron chi connectivity index (χ2n) is 4.60. The van der Waals surface area contributed by atoms with E-state index in [0.717, 1.165) is 16.6 Å². The van der Waals surface area contributed by atoms with Gasteiger partial charge in [-0.3, -0.25) is 0 Å². The smallest absolute Gasteiger partial charge is 0.126 e. The Kier molecular flexibility index (Phi) is 5.26. The molecule has 4 heteroatoms. The molecule has 106 valence electrons. The van der Waals surface area contributed by atoms with Gasteiger partial charge in [0.1, 0.15) is 11.6 Å². The fourth-order valence-corrected chi connectivity index (χ4v) is 2.58. The zero-order valence-corrected chi connectivity index (χ0v) is 12.8. The maximum absolute atomic E-state index is 13.8. The first-order chi connectivity index (χ1) is 9.60. The van der Waals surface area contributed by atoms with Gasteiger partial charge < -0.3 is 5.32 Å².